The summed E-state index contributed by atoms with van der Waals surface area (Å²) in [6.45, 7) is 9.60. The van der Waals surface area contributed by atoms with Gasteiger partial charge < -0.3 is 5.32 Å². The Bertz CT molecular complexity index is 380. The van der Waals surface area contributed by atoms with E-state index >= 15 is 0 Å². The highest BCUT2D eigenvalue weighted by molar-refractivity contribution is 5.98. The molecule has 2 heteroatoms. The van der Waals surface area contributed by atoms with Crippen molar-refractivity contribution in [1.29, 1.82) is 0 Å². The molecule has 1 N–H and O–H groups in total. The SMILES string of the molecule is C=Cc1c(C)cccc1C(=O)NC(C)C. The molecule has 15 heavy (non-hydrogen) atoms. The van der Waals surface area contributed by atoms with E-state index in [0.717, 1.165) is 11.1 Å². The zero-order chi connectivity index (χ0) is 11.4. The van der Waals surface area contributed by atoms with E-state index in [9.17, 15) is 4.79 Å². The molecule has 0 atom stereocenters. The maximum Gasteiger partial charge on any atom is 0.252 e. The van der Waals surface area contributed by atoms with Crippen molar-refractivity contribution in [3.63, 3.8) is 0 Å². The number of benzene rings is 1. The lowest BCUT2D eigenvalue weighted by atomic mass is 10.0. The van der Waals surface area contributed by atoms with E-state index in [4.69, 9.17) is 0 Å². The van der Waals surface area contributed by atoms with Crippen LogP contribution in [0.4, 0.5) is 0 Å². The van der Waals surface area contributed by atoms with E-state index in [2.05, 4.69) is 11.9 Å². The van der Waals surface area contributed by atoms with Crippen LogP contribution < -0.4 is 5.32 Å². The summed E-state index contributed by atoms with van der Waals surface area (Å²) < 4.78 is 0. The van der Waals surface area contributed by atoms with Crippen LogP contribution in [0, 0.1) is 6.92 Å². The van der Waals surface area contributed by atoms with Crippen molar-refractivity contribution in [2.75, 3.05) is 0 Å². The predicted molar refractivity (Wildman–Crippen MR) is 63.9 cm³/mol. The summed E-state index contributed by atoms with van der Waals surface area (Å²) in [4.78, 5) is 11.8. The number of aryl methyl sites for hydroxylation is 1. The van der Waals surface area contributed by atoms with Crippen molar-refractivity contribution in [2.24, 2.45) is 0 Å². The molecule has 1 rings (SSSR count). The zero-order valence-corrected chi connectivity index (χ0v) is 9.50. The smallest absolute Gasteiger partial charge is 0.252 e. The Morgan fingerprint density at radius 3 is 2.67 bits per heavy atom. The highest BCUT2D eigenvalue weighted by Crippen LogP contribution is 2.15. The summed E-state index contributed by atoms with van der Waals surface area (Å²) in [6.07, 6.45) is 1.73. The Morgan fingerprint density at radius 1 is 1.47 bits per heavy atom. The average molecular weight is 203 g/mol. The first-order valence-corrected chi connectivity index (χ1v) is 5.09. The van der Waals surface area contributed by atoms with E-state index in [0.29, 0.717) is 5.56 Å². The van der Waals surface area contributed by atoms with Crippen LogP contribution in [0.3, 0.4) is 0 Å². The van der Waals surface area contributed by atoms with Gasteiger partial charge in [0.1, 0.15) is 0 Å². The van der Waals surface area contributed by atoms with E-state index in [-0.39, 0.29) is 11.9 Å². The van der Waals surface area contributed by atoms with Crippen molar-refractivity contribution in [3.8, 4) is 0 Å². The lowest BCUT2D eigenvalue weighted by Gasteiger charge is -2.11. The molecule has 0 aliphatic heterocycles. The largest absolute Gasteiger partial charge is 0.350 e. The summed E-state index contributed by atoms with van der Waals surface area (Å²) in [5.41, 5.74) is 2.68. The lowest BCUT2D eigenvalue weighted by molar-refractivity contribution is 0.0943. The average Bonchev–Trinajstić information content (AvgIpc) is 2.16. The molecule has 1 aromatic rings. The molecule has 0 unspecified atom stereocenters. The minimum absolute atomic E-state index is 0.0383. The van der Waals surface area contributed by atoms with E-state index in [1.807, 2.05) is 39.0 Å². The molecule has 0 heterocycles. The molecule has 0 radical (unpaired) electrons. The highest BCUT2D eigenvalue weighted by atomic mass is 16.1. The van der Waals surface area contributed by atoms with Crippen molar-refractivity contribution < 1.29 is 4.79 Å². The summed E-state index contributed by atoms with van der Waals surface area (Å²) >= 11 is 0. The van der Waals surface area contributed by atoms with Gasteiger partial charge in [-0.3, -0.25) is 4.79 Å². The van der Waals surface area contributed by atoms with Crippen molar-refractivity contribution in [3.05, 3.63) is 41.5 Å². The fourth-order valence-electron chi connectivity index (χ4n) is 1.49. The van der Waals surface area contributed by atoms with Gasteiger partial charge in [-0.25, -0.2) is 0 Å². The number of hydrogen-bond donors (Lipinski definition) is 1. The first kappa shape index (κ1) is 11.5. The number of rotatable bonds is 3. The van der Waals surface area contributed by atoms with Gasteiger partial charge >= 0.3 is 0 Å². The van der Waals surface area contributed by atoms with Gasteiger partial charge in [0, 0.05) is 11.6 Å². The summed E-state index contributed by atoms with van der Waals surface area (Å²) in [5, 5.41) is 2.87. The minimum atomic E-state index is -0.0383. The quantitative estimate of drug-likeness (QED) is 0.804. The van der Waals surface area contributed by atoms with E-state index in [1.165, 1.54) is 0 Å². The molecule has 2 nitrogen and oxygen atoms in total. The van der Waals surface area contributed by atoms with Crippen LogP contribution in [-0.2, 0) is 0 Å². The van der Waals surface area contributed by atoms with Crippen molar-refractivity contribution in [1.82, 2.24) is 5.32 Å². The maximum absolute atomic E-state index is 11.8. The maximum atomic E-state index is 11.8. The van der Waals surface area contributed by atoms with Crippen molar-refractivity contribution >= 4 is 12.0 Å². The van der Waals surface area contributed by atoms with Crippen LogP contribution in [0.1, 0.15) is 35.3 Å². The van der Waals surface area contributed by atoms with Crippen LogP contribution in [-0.4, -0.2) is 11.9 Å². The fourth-order valence-corrected chi connectivity index (χ4v) is 1.49. The Kier molecular flexibility index (Phi) is 3.67. The molecule has 1 amide bonds. The number of carbonyl (C=O) groups is 1. The van der Waals surface area contributed by atoms with Gasteiger partial charge in [0.2, 0.25) is 0 Å². The molecular weight excluding hydrogens is 186 g/mol. The molecule has 0 saturated carbocycles. The standard InChI is InChI=1S/C13H17NO/c1-5-11-10(4)7-6-8-12(11)13(15)14-9(2)3/h5-9H,1H2,2-4H3,(H,14,15). The number of carbonyl (C=O) groups excluding carboxylic acids is 1. The molecule has 0 aliphatic rings. The second-order valence-corrected chi connectivity index (χ2v) is 3.87. The van der Waals surface area contributed by atoms with Crippen molar-refractivity contribution in [2.45, 2.75) is 26.8 Å². The third-order valence-corrected chi connectivity index (χ3v) is 2.19. The molecule has 0 saturated heterocycles. The first-order chi connectivity index (χ1) is 7.06. The Morgan fingerprint density at radius 2 is 2.13 bits per heavy atom. The molecule has 1 aromatic carbocycles. The lowest BCUT2D eigenvalue weighted by Crippen LogP contribution is -2.30. The topological polar surface area (TPSA) is 29.1 Å². The van der Waals surface area contributed by atoms with Crippen LogP contribution in [0.5, 0.6) is 0 Å². The van der Waals surface area contributed by atoms with Gasteiger partial charge in [-0.15, -0.1) is 0 Å². The highest BCUT2D eigenvalue weighted by Gasteiger charge is 2.11. The normalized spacial score (nSPS) is 10.1. The minimum Gasteiger partial charge on any atom is -0.350 e. The molecule has 0 spiro atoms. The third-order valence-electron chi connectivity index (χ3n) is 2.19. The predicted octanol–water partition coefficient (Wildman–Crippen LogP) is 2.78. The molecule has 0 fully saturated rings. The van der Waals surface area contributed by atoms with E-state index < -0.39 is 0 Å². The summed E-state index contributed by atoms with van der Waals surface area (Å²) in [6, 6.07) is 5.83. The van der Waals surface area contributed by atoms with Gasteiger partial charge in [0.05, 0.1) is 0 Å². The van der Waals surface area contributed by atoms with Crippen LogP contribution in [0.25, 0.3) is 6.08 Å². The first-order valence-electron chi connectivity index (χ1n) is 5.09. The number of hydrogen-bond acceptors (Lipinski definition) is 1. The van der Waals surface area contributed by atoms with Gasteiger partial charge in [-0.2, -0.15) is 0 Å². The molecule has 0 bridgehead atoms. The Balaban J connectivity index is 3.08. The fraction of sp³-hybridized carbons (Fsp3) is 0.308. The number of amides is 1. The summed E-state index contributed by atoms with van der Waals surface area (Å²) in [5.74, 6) is -0.0383. The van der Waals surface area contributed by atoms with Crippen LogP contribution in [0.2, 0.25) is 0 Å². The van der Waals surface area contributed by atoms with E-state index in [1.54, 1.807) is 6.08 Å². The number of nitrogens with one attached hydrogen (secondary N) is 1. The molecule has 0 aromatic heterocycles. The Labute approximate surface area is 91.0 Å². The molecular formula is C13H17NO. The van der Waals surface area contributed by atoms with Gasteiger partial charge in [0.15, 0.2) is 0 Å². The van der Waals surface area contributed by atoms with Gasteiger partial charge in [0.25, 0.3) is 5.91 Å². The third kappa shape index (κ3) is 2.69. The van der Waals surface area contributed by atoms with Crippen LogP contribution in [0.15, 0.2) is 24.8 Å². The zero-order valence-electron chi connectivity index (χ0n) is 9.50. The second-order valence-electron chi connectivity index (χ2n) is 3.87. The summed E-state index contributed by atoms with van der Waals surface area (Å²) in [7, 11) is 0. The second kappa shape index (κ2) is 4.78. The van der Waals surface area contributed by atoms with Gasteiger partial charge in [-0.05, 0) is 38.0 Å². The van der Waals surface area contributed by atoms with Gasteiger partial charge in [-0.1, -0.05) is 24.8 Å². The molecule has 0 aliphatic carbocycles. The Hall–Kier alpha value is -1.57. The molecule has 80 valence electrons. The van der Waals surface area contributed by atoms with Crippen LogP contribution >= 0.6 is 0 Å². The monoisotopic (exact) mass is 203 g/mol.